The number of carboxylic acid groups (broad SMARTS) is 1. The van der Waals surface area contributed by atoms with Crippen molar-refractivity contribution in [3.05, 3.63) is 41.4 Å². The van der Waals surface area contributed by atoms with E-state index in [1.54, 1.807) is 24.3 Å². The predicted octanol–water partition coefficient (Wildman–Crippen LogP) is 2.92. The number of carbonyl (C=O) groups is 2. The number of hydrogen-bond donors (Lipinski definition) is 2. The molecule has 0 aliphatic carbocycles. The number of anilines is 1. The van der Waals surface area contributed by atoms with Crippen molar-refractivity contribution in [2.75, 3.05) is 11.9 Å². The van der Waals surface area contributed by atoms with E-state index in [1.165, 1.54) is 6.08 Å². The van der Waals surface area contributed by atoms with Crippen LogP contribution >= 0.6 is 11.6 Å². The zero-order valence-electron chi connectivity index (χ0n) is 9.43. The highest BCUT2D eigenvalue weighted by molar-refractivity contribution is 6.30. The third-order valence-electron chi connectivity index (χ3n) is 1.85. The van der Waals surface area contributed by atoms with Crippen molar-refractivity contribution in [2.45, 2.75) is 6.42 Å². The quantitative estimate of drug-likeness (QED) is 0.636. The molecule has 0 unspecified atom stereocenters. The highest BCUT2D eigenvalue weighted by Crippen LogP contribution is 2.14. The number of rotatable bonds is 5. The van der Waals surface area contributed by atoms with E-state index in [2.05, 4.69) is 5.32 Å². The maximum absolute atomic E-state index is 11.3. The van der Waals surface area contributed by atoms with Gasteiger partial charge >= 0.3 is 12.1 Å². The zero-order valence-corrected chi connectivity index (χ0v) is 10.2. The van der Waals surface area contributed by atoms with Crippen molar-refractivity contribution in [2.24, 2.45) is 0 Å². The summed E-state index contributed by atoms with van der Waals surface area (Å²) >= 11 is 5.75. The third kappa shape index (κ3) is 5.91. The Morgan fingerprint density at radius 1 is 1.44 bits per heavy atom. The van der Waals surface area contributed by atoms with Gasteiger partial charge in [-0.25, -0.2) is 9.59 Å². The maximum atomic E-state index is 11.3. The molecule has 0 saturated carbocycles. The Morgan fingerprint density at radius 2 is 2.22 bits per heavy atom. The molecule has 0 aliphatic rings. The Kier molecular flexibility index (Phi) is 5.73. The minimum atomic E-state index is -1.03. The Balaban J connectivity index is 2.28. The first kappa shape index (κ1) is 14.1. The van der Waals surface area contributed by atoms with Crippen LogP contribution in [0.3, 0.4) is 0 Å². The molecule has 1 aromatic carbocycles. The highest BCUT2D eigenvalue weighted by atomic mass is 35.5. The van der Waals surface area contributed by atoms with E-state index in [1.807, 2.05) is 0 Å². The standard InChI is InChI=1S/C12H12ClNO4/c13-9-4-3-5-10(8-9)14-12(17)18-7-2-1-6-11(15)16/h1,3-6,8H,2,7H2,(H,14,17)(H,15,16). The molecule has 1 amide bonds. The van der Waals surface area contributed by atoms with Gasteiger partial charge in [0.15, 0.2) is 0 Å². The lowest BCUT2D eigenvalue weighted by molar-refractivity contribution is -0.131. The summed E-state index contributed by atoms with van der Waals surface area (Å²) in [6.45, 7) is 0.107. The van der Waals surface area contributed by atoms with Gasteiger partial charge in [0.1, 0.15) is 0 Å². The van der Waals surface area contributed by atoms with Crippen molar-refractivity contribution < 1.29 is 19.4 Å². The summed E-state index contributed by atoms with van der Waals surface area (Å²) in [7, 11) is 0. The molecule has 96 valence electrons. The number of ether oxygens (including phenoxy) is 1. The van der Waals surface area contributed by atoms with Crippen molar-refractivity contribution in [1.29, 1.82) is 0 Å². The first-order valence-electron chi connectivity index (χ1n) is 5.17. The van der Waals surface area contributed by atoms with Gasteiger partial charge in [0, 0.05) is 23.2 Å². The lowest BCUT2D eigenvalue weighted by Gasteiger charge is -2.05. The topological polar surface area (TPSA) is 75.6 Å². The van der Waals surface area contributed by atoms with Gasteiger partial charge in [-0.15, -0.1) is 0 Å². The molecule has 0 spiro atoms. The van der Waals surface area contributed by atoms with Crippen LogP contribution in [0.1, 0.15) is 6.42 Å². The molecule has 0 aliphatic heterocycles. The van der Waals surface area contributed by atoms with Crippen LogP contribution in [0.15, 0.2) is 36.4 Å². The lowest BCUT2D eigenvalue weighted by atomic mass is 10.3. The van der Waals surface area contributed by atoms with Crippen molar-refractivity contribution in [1.82, 2.24) is 0 Å². The van der Waals surface area contributed by atoms with Gasteiger partial charge in [0.25, 0.3) is 0 Å². The first-order valence-corrected chi connectivity index (χ1v) is 5.54. The molecule has 1 aromatic rings. The van der Waals surface area contributed by atoms with Gasteiger partial charge < -0.3 is 9.84 Å². The summed E-state index contributed by atoms with van der Waals surface area (Å²) in [5.41, 5.74) is 0.536. The third-order valence-corrected chi connectivity index (χ3v) is 2.08. The number of carboxylic acids is 1. The second kappa shape index (κ2) is 7.34. The SMILES string of the molecule is O=C(O)C=CCCOC(=O)Nc1cccc(Cl)c1. The Hall–Kier alpha value is -2.01. The number of aliphatic carboxylic acids is 1. The summed E-state index contributed by atoms with van der Waals surface area (Å²) in [5.74, 6) is -1.03. The lowest BCUT2D eigenvalue weighted by Crippen LogP contribution is -2.14. The molecular weight excluding hydrogens is 258 g/mol. The van der Waals surface area contributed by atoms with E-state index in [0.29, 0.717) is 17.1 Å². The Morgan fingerprint density at radius 3 is 2.89 bits per heavy atom. The summed E-state index contributed by atoms with van der Waals surface area (Å²) in [4.78, 5) is 21.5. The molecule has 18 heavy (non-hydrogen) atoms. The number of halogens is 1. The fourth-order valence-corrected chi connectivity index (χ4v) is 1.31. The van der Waals surface area contributed by atoms with Crippen molar-refractivity contribution in [3.8, 4) is 0 Å². The second-order valence-corrected chi connectivity index (χ2v) is 3.74. The van der Waals surface area contributed by atoms with E-state index >= 15 is 0 Å². The van der Waals surface area contributed by atoms with E-state index in [4.69, 9.17) is 21.4 Å². The van der Waals surface area contributed by atoms with Crippen LogP contribution in [0.25, 0.3) is 0 Å². The molecule has 5 nitrogen and oxygen atoms in total. The largest absolute Gasteiger partial charge is 0.478 e. The summed E-state index contributed by atoms with van der Waals surface area (Å²) in [6.07, 6.45) is 2.14. The van der Waals surface area contributed by atoms with E-state index in [-0.39, 0.29) is 6.61 Å². The van der Waals surface area contributed by atoms with Gasteiger partial charge in [-0.05, 0) is 18.2 Å². The molecule has 0 fully saturated rings. The number of hydrogen-bond acceptors (Lipinski definition) is 3. The molecule has 2 N–H and O–H groups in total. The number of benzene rings is 1. The Labute approximate surface area is 109 Å². The summed E-state index contributed by atoms with van der Waals surface area (Å²) < 4.78 is 4.83. The molecule has 6 heteroatoms. The molecule has 0 bridgehead atoms. The first-order chi connectivity index (χ1) is 8.58. The summed E-state index contributed by atoms with van der Waals surface area (Å²) in [5, 5.41) is 11.3. The van der Waals surface area contributed by atoms with Crippen LogP contribution in [0, 0.1) is 0 Å². The van der Waals surface area contributed by atoms with E-state index in [9.17, 15) is 9.59 Å². The second-order valence-electron chi connectivity index (χ2n) is 3.30. The molecule has 0 aromatic heterocycles. The van der Waals surface area contributed by atoms with Gasteiger partial charge in [0.05, 0.1) is 6.61 Å². The normalized spacial score (nSPS) is 10.3. The molecule has 0 radical (unpaired) electrons. The molecular formula is C12H12ClNO4. The van der Waals surface area contributed by atoms with Crippen LogP contribution < -0.4 is 5.32 Å². The van der Waals surface area contributed by atoms with Crippen LogP contribution in [0.5, 0.6) is 0 Å². The average molecular weight is 270 g/mol. The smallest absolute Gasteiger partial charge is 0.411 e. The van der Waals surface area contributed by atoms with Crippen LogP contribution in [0.2, 0.25) is 5.02 Å². The van der Waals surface area contributed by atoms with Gasteiger partial charge in [0.2, 0.25) is 0 Å². The average Bonchev–Trinajstić information content (AvgIpc) is 2.28. The fourth-order valence-electron chi connectivity index (χ4n) is 1.12. The van der Waals surface area contributed by atoms with Crippen LogP contribution in [-0.4, -0.2) is 23.8 Å². The molecule has 1 rings (SSSR count). The number of amides is 1. The van der Waals surface area contributed by atoms with Gasteiger partial charge in [-0.1, -0.05) is 23.7 Å². The number of carbonyl (C=O) groups excluding carboxylic acids is 1. The fraction of sp³-hybridized carbons (Fsp3) is 0.167. The monoisotopic (exact) mass is 269 g/mol. The molecule has 0 atom stereocenters. The Bertz CT molecular complexity index is 459. The zero-order chi connectivity index (χ0) is 13.4. The van der Waals surface area contributed by atoms with Gasteiger partial charge in [-0.2, -0.15) is 0 Å². The minimum Gasteiger partial charge on any atom is -0.478 e. The van der Waals surface area contributed by atoms with Crippen molar-refractivity contribution in [3.63, 3.8) is 0 Å². The van der Waals surface area contributed by atoms with Gasteiger partial charge in [-0.3, -0.25) is 5.32 Å². The van der Waals surface area contributed by atoms with E-state index in [0.717, 1.165) is 6.08 Å². The van der Waals surface area contributed by atoms with Crippen molar-refractivity contribution >= 4 is 29.4 Å². The van der Waals surface area contributed by atoms with Crippen LogP contribution in [0.4, 0.5) is 10.5 Å². The number of nitrogens with one attached hydrogen (secondary N) is 1. The van der Waals surface area contributed by atoms with Crippen LogP contribution in [-0.2, 0) is 9.53 Å². The molecule has 0 saturated heterocycles. The highest BCUT2D eigenvalue weighted by Gasteiger charge is 2.02. The van der Waals surface area contributed by atoms with E-state index < -0.39 is 12.1 Å². The molecule has 0 heterocycles. The predicted molar refractivity (Wildman–Crippen MR) is 67.8 cm³/mol. The minimum absolute atomic E-state index is 0.107. The summed E-state index contributed by atoms with van der Waals surface area (Å²) in [6, 6.07) is 6.66. The maximum Gasteiger partial charge on any atom is 0.411 e.